The van der Waals surface area contributed by atoms with Gasteiger partial charge in [0.25, 0.3) is 5.91 Å². The van der Waals surface area contributed by atoms with Crippen LogP contribution in [-0.2, 0) is 4.79 Å². The Morgan fingerprint density at radius 1 is 1.00 bits per heavy atom. The molecule has 0 saturated carbocycles. The molecule has 3 aromatic rings. The molecule has 1 aliphatic heterocycles. The fourth-order valence-corrected chi connectivity index (χ4v) is 4.72. The van der Waals surface area contributed by atoms with Gasteiger partial charge in [0, 0.05) is 18.0 Å². The molecule has 0 saturated heterocycles. The lowest BCUT2D eigenvalue weighted by molar-refractivity contribution is -0.114. The molecule has 4 nitrogen and oxygen atoms in total. The lowest BCUT2D eigenvalue weighted by Gasteiger charge is -2.20. The molecule has 3 aromatic carbocycles. The van der Waals surface area contributed by atoms with Gasteiger partial charge in [0.05, 0.1) is 10.6 Å². The van der Waals surface area contributed by atoms with Gasteiger partial charge in [-0.1, -0.05) is 86.2 Å². The third-order valence-electron chi connectivity index (χ3n) is 5.12. The Hall–Kier alpha value is -3.27. The van der Waals surface area contributed by atoms with Crippen molar-refractivity contribution in [3.8, 4) is 11.5 Å². The van der Waals surface area contributed by atoms with Crippen molar-refractivity contribution in [3.05, 3.63) is 95.6 Å². The van der Waals surface area contributed by atoms with Crippen molar-refractivity contribution in [1.29, 1.82) is 0 Å². The van der Waals surface area contributed by atoms with E-state index in [2.05, 4.69) is 70.4 Å². The number of hydrogen-bond donors (Lipinski definition) is 2. The quantitative estimate of drug-likeness (QED) is 0.295. The first kappa shape index (κ1) is 22.9. The van der Waals surface area contributed by atoms with Gasteiger partial charge in [-0.05, 0) is 41.3 Å². The van der Waals surface area contributed by atoms with E-state index in [1.807, 2.05) is 54.6 Å². The summed E-state index contributed by atoms with van der Waals surface area (Å²) >= 11 is 1.40. The van der Waals surface area contributed by atoms with Crippen molar-refractivity contribution in [2.45, 2.75) is 30.5 Å². The molecule has 0 fully saturated rings. The predicted molar refractivity (Wildman–Crippen MR) is 140 cm³/mol. The Balaban J connectivity index is 1.48. The van der Waals surface area contributed by atoms with E-state index < -0.39 is 8.07 Å². The summed E-state index contributed by atoms with van der Waals surface area (Å²) in [6.07, 6.45) is 0. The molecule has 1 amide bonds. The molecule has 166 valence electrons. The summed E-state index contributed by atoms with van der Waals surface area (Å²) < 4.78 is 3.09. The smallest absolute Gasteiger partial charge is 0.287 e. The van der Waals surface area contributed by atoms with Gasteiger partial charge in [0.15, 0.2) is 0 Å². The minimum atomic E-state index is -1.43. The zero-order valence-electron chi connectivity index (χ0n) is 19.1. The van der Waals surface area contributed by atoms with Gasteiger partial charge in [-0.3, -0.25) is 4.79 Å². The van der Waals surface area contributed by atoms with E-state index in [0.29, 0.717) is 12.4 Å². The van der Waals surface area contributed by atoms with E-state index in [9.17, 15) is 4.79 Å². The van der Waals surface area contributed by atoms with Crippen LogP contribution in [-0.4, -0.2) is 26.4 Å². The van der Waals surface area contributed by atoms with Gasteiger partial charge >= 0.3 is 0 Å². The molecular weight excluding hydrogens is 442 g/mol. The van der Waals surface area contributed by atoms with Crippen LogP contribution in [0.2, 0.25) is 19.6 Å². The average molecular weight is 470 g/mol. The normalized spacial score (nSPS) is 12.7. The molecule has 0 spiro atoms. The summed E-state index contributed by atoms with van der Waals surface area (Å²) in [5, 5.41) is 3.07. The van der Waals surface area contributed by atoms with E-state index in [1.54, 1.807) is 0 Å². The minimum absolute atomic E-state index is 0.0629. The van der Waals surface area contributed by atoms with Crippen molar-refractivity contribution in [1.82, 2.24) is 10.0 Å². The van der Waals surface area contributed by atoms with Crippen molar-refractivity contribution in [2.75, 3.05) is 6.54 Å². The number of amides is 1. The molecule has 33 heavy (non-hydrogen) atoms. The Kier molecular flexibility index (Phi) is 7.02. The van der Waals surface area contributed by atoms with Crippen LogP contribution in [0.25, 0.3) is 0 Å². The van der Waals surface area contributed by atoms with E-state index in [4.69, 9.17) is 0 Å². The molecular formula is C27H27N3OSSi. The molecule has 6 heteroatoms. The highest BCUT2D eigenvalue weighted by atomic mass is 32.2. The maximum atomic E-state index is 12.9. The van der Waals surface area contributed by atoms with Crippen LogP contribution in [0.3, 0.4) is 0 Å². The average Bonchev–Trinajstić information content (AvgIpc) is 2.83. The van der Waals surface area contributed by atoms with Crippen molar-refractivity contribution in [2.24, 2.45) is 4.99 Å². The van der Waals surface area contributed by atoms with Crippen LogP contribution < -0.4 is 10.0 Å². The number of carbonyl (C=O) groups is 1. The van der Waals surface area contributed by atoms with Gasteiger partial charge < -0.3 is 10.0 Å². The number of carbonyl (C=O) groups excluding carboxylic acids is 1. The third-order valence-corrected chi connectivity index (χ3v) is 6.83. The number of rotatable bonds is 5. The molecule has 0 aromatic heterocycles. The maximum Gasteiger partial charge on any atom is 0.287 e. The molecule has 2 N–H and O–H groups in total. The highest BCUT2D eigenvalue weighted by Crippen LogP contribution is 2.32. The van der Waals surface area contributed by atoms with Crippen molar-refractivity contribution in [3.63, 3.8) is 0 Å². The van der Waals surface area contributed by atoms with Gasteiger partial charge in [0.1, 0.15) is 8.07 Å². The minimum Gasteiger partial charge on any atom is -0.348 e. The highest BCUT2D eigenvalue weighted by Gasteiger charge is 2.21. The molecule has 0 bridgehead atoms. The lowest BCUT2D eigenvalue weighted by Crippen LogP contribution is -2.40. The largest absolute Gasteiger partial charge is 0.348 e. The lowest BCUT2D eigenvalue weighted by atomic mass is 9.91. The second-order valence-corrected chi connectivity index (χ2v) is 14.5. The molecule has 1 heterocycles. The van der Waals surface area contributed by atoms with Crippen LogP contribution in [0.4, 0.5) is 5.69 Å². The zero-order chi connectivity index (χ0) is 23.3. The summed E-state index contributed by atoms with van der Waals surface area (Å²) in [7, 11) is -1.43. The topological polar surface area (TPSA) is 53.5 Å². The van der Waals surface area contributed by atoms with Crippen molar-refractivity contribution >= 4 is 37.5 Å². The fraction of sp³-hybridized carbons (Fsp3) is 0.185. The first-order valence-corrected chi connectivity index (χ1v) is 15.3. The second-order valence-electron chi connectivity index (χ2n) is 8.93. The Morgan fingerprint density at radius 3 is 2.24 bits per heavy atom. The number of nitrogens with one attached hydrogen (secondary N) is 2. The van der Waals surface area contributed by atoms with E-state index in [1.165, 1.54) is 11.9 Å². The summed E-state index contributed by atoms with van der Waals surface area (Å²) in [6, 6.07) is 26.4. The summed E-state index contributed by atoms with van der Waals surface area (Å²) in [4.78, 5) is 18.4. The van der Waals surface area contributed by atoms with Crippen LogP contribution in [0.5, 0.6) is 0 Å². The van der Waals surface area contributed by atoms with E-state index in [-0.39, 0.29) is 11.8 Å². The monoisotopic (exact) mass is 469 g/mol. The number of amidine groups is 1. The second kappa shape index (κ2) is 10.1. The first-order chi connectivity index (χ1) is 15.9. The Labute approximate surface area is 201 Å². The molecule has 0 atom stereocenters. The van der Waals surface area contributed by atoms with Gasteiger partial charge in [0.2, 0.25) is 5.84 Å². The molecule has 0 unspecified atom stereocenters. The Morgan fingerprint density at radius 2 is 1.64 bits per heavy atom. The van der Waals surface area contributed by atoms with Gasteiger partial charge in [-0.2, -0.15) is 0 Å². The maximum absolute atomic E-state index is 12.9. The van der Waals surface area contributed by atoms with Crippen LogP contribution in [0.15, 0.2) is 88.8 Å². The third kappa shape index (κ3) is 6.16. The SMILES string of the molecule is C[Si](C)(C)C#Cc1ccc2c(c1)SNC(C(=O)NCC(c1ccccc1)c1ccccc1)=N2. The standard InChI is InChI=1S/C27H27N3OSSi/c1-33(2,3)17-16-20-14-15-24-25(18-20)32-30-26(29-24)27(31)28-19-23(21-10-6-4-7-11-21)22-12-8-5-9-13-22/h4-15,18,23H,19H2,1-3H3,(H,28,31)(H,29,30). The van der Waals surface area contributed by atoms with Crippen LogP contribution in [0, 0.1) is 11.5 Å². The number of aliphatic imine (C=N–C) groups is 1. The number of nitrogens with zero attached hydrogens (tertiary/aromatic N) is 1. The van der Waals surface area contributed by atoms with E-state index in [0.717, 1.165) is 27.3 Å². The molecule has 0 aliphatic carbocycles. The van der Waals surface area contributed by atoms with Crippen LogP contribution in [0.1, 0.15) is 22.6 Å². The number of hydrogen-bond acceptors (Lipinski definition) is 4. The van der Waals surface area contributed by atoms with Gasteiger partial charge in [-0.25, -0.2) is 4.99 Å². The van der Waals surface area contributed by atoms with E-state index >= 15 is 0 Å². The highest BCUT2D eigenvalue weighted by molar-refractivity contribution is 7.98. The summed E-state index contributed by atoms with van der Waals surface area (Å²) in [6.45, 7) is 7.16. The first-order valence-electron chi connectivity index (χ1n) is 11.0. The fourth-order valence-electron chi connectivity index (χ4n) is 3.45. The van der Waals surface area contributed by atoms with Crippen molar-refractivity contribution < 1.29 is 4.79 Å². The molecule has 1 aliphatic rings. The predicted octanol–water partition coefficient (Wildman–Crippen LogP) is 5.50. The molecule has 0 radical (unpaired) electrons. The number of fused-ring (bicyclic) bond motifs is 1. The van der Waals surface area contributed by atoms with Crippen LogP contribution >= 0.6 is 11.9 Å². The Bertz CT molecular complexity index is 1190. The zero-order valence-corrected chi connectivity index (χ0v) is 20.9. The summed E-state index contributed by atoms with van der Waals surface area (Å²) in [5.74, 6) is 3.44. The summed E-state index contributed by atoms with van der Waals surface area (Å²) in [5.41, 5.74) is 7.46. The number of benzene rings is 3. The van der Waals surface area contributed by atoms with Gasteiger partial charge in [-0.15, -0.1) is 5.54 Å². The molecule has 4 rings (SSSR count).